The van der Waals surface area contributed by atoms with Crippen LogP contribution in [-0.2, 0) is 23.8 Å². The minimum Gasteiger partial charge on any atom is -0.337 e. The number of amides is 1. The predicted molar refractivity (Wildman–Crippen MR) is 94.1 cm³/mol. The van der Waals surface area contributed by atoms with Gasteiger partial charge in [0.2, 0.25) is 17.6 Å². The van der Waals surface area contributed by atoms with E-state index in [1.54, 1.807) is 12.1 Å². The van der Waals surface area contributed by atoms with Crippen molar-refractivity contribution in [1.29, 1.82) is 0 Å². The zero-order chi connectivity index (χ0) is 19.9. The molecular formula is C19H15F3N4O2. The molecule has 1 atom stereocenters. The fraction of sp³-hybridized carbons (Fsp3) is 0.211. The normalized spacial score (nSPS) is 14.6. The minimum absolute atomic E-state index is 0.0699. The van der Waals surface area contributed by atoms with Crippen molar-refractivity contribution in [1.82, 2.24) is 10.1 Å². The van der Waals surface area contributed by atoms with Crippen molar-refractivity contribution in [2.75, 3.05) is 5.32 Å². The summed E-state index contributed by atoms with van der Waals surface area (Å²) in [5.41, 5.74) is 8.29. The van der Waals surface area contributed by atoms with Crippen LogP contribution >= 0.6 is 0 Å². The van der Waals surface area contributed by atoms with Gasteiger partial charge in [-0.05, 0) is 47.9 Å². The van der Waals surface area contributed by atoms with E-state index in [9.17, 15) is 18.0 Å². The van der Waals surface area contributed by atoms with Gasteiger partial charge in [0.25, 0.3) is 0 Å². The molecule has 1 aliphatic rings. The first-order valence-electron chi connectivity index (χ1n) is 8.48. The largest absolute Gasteiger partial charge is 0.416 e. The number of aromatic nitrogens is 2. The number of fused-ring (bicyclic) bond motifs is 1. The van der Waals surface area contributed by atoms with Crippen LogP contribution in [0.25, 0.3) is 11.4 Å². The summed E-state index contributed by atoms with van der Waals surface area (Å²) in [4.78, 5) is 15.7. The van der Waals surface area contributed by atoms with E-state index in [-0.39, 0.29) is 18.2 Å². The second kappa shape index (κ2) is 6.75. The standard InChI is InChI=1S/C19H15F3N4O2/c20-19(21,22)13-4-1-10(2-5-13)7-14(23)18-25-17(26-28-18)11-3-6-15-12(8-11)9-16(27)24-15/h1-6,8,14H,7,9,23H2,(H,24,27)/t14-/m0/s1. The Morgan fingerprint density at radius 1 is 1.18 bits per heavy atom. The molecule has 0 saturated carbocycles. The van der Waals surface area contributed by atoms with E-state index in [1.165, 1.54) is 12.1 Å². The van der Waals surface area contributed by atoms with Gasteiger partial charge < -0.3 is 15.6 Å². The maximum atomic E-state index is 12.6. The van der Waals surface area contributed by atoms with E-state index in [2.05, 4.69) is 15.5 Å². The van der Waals surface area contributed by atoms with Gasteiger partial charge in [-0.3, -0.25) is 4.79 Å². The maximum Gasteiger partial charge on any atom is 0.416 e. The Kier molecular flexibility index (Phi) is 4.38. The van der Waals surface area contributed by atoms with Gasteiger partial charge in [-0.1, -0.05) is 17.3 Å². The van der Waals surface area contributed by atoms with Crippen molar-refractivity contribution in [3.8, 4) is 11.4 Å². The molecule has 1 aromatic heterocycles. The minimum atomic E-state index is -4.38. The molecule has 28 heavy (non-hydrogen) atoms. The molecule has 0 unspecified atom stereocenters. The SMILES string of the molecule is N[C@@H](Cc1ccc(C(F)(F)F)cc1)c1nc(-c2ccc3c(c2)CC(=O)N3)no1. The lowest BCUT2D eigenvalue weighted by Crippen LogP contribution is -2.14. The average Bonchev–Trinajstić information content (AvgIpc) is 3.26. The monoisotopic (exact) mass is 388 g/mol. The molecule has 4 rings (SSSR count). The molecule has 0 radical (unpaired) electrons. The van der Waals surface area contributed by atoms with Crippen molar-refractivity contribution in [3.05, 3.63) is 65.0 Å². The molecule has 144 valence electrons. The first kappa shape index (κ1) is 18.2. The summed E-state index contributed by atoms with van der Waals surface area (Å²) in [6, 6.07) is 9.48. The molecule has 0 spiro atoms. The molecule has 9 heteroatoms. The summed E-state index contributed by atoms with van der Waals surface area (Å²) in [5.74, 6) is 0.448. The highest BCUT2D eigenvalue weighted by Crippen LogP contribution is 2.30. The molecule has 0 bridgehead atoms. The molecule has 3 N–H and O–H groups in total. The lowest BCUT2D eigenvalue weighted by atomic mass is 10.0. The molecule has 0 aliphatic carbocycles. The molecule has 2 aromatic carbocycles. The molecule has 0 saturated heterocycles. The molecule has 0 fully saturated rings. The average molecular weight is 388 g/mol. The van der Waals surface area contributed by atoms with E-state index in [0.29, 0.717) is 23.4 Å². The Labute approximate surface area is 157 Å². The summed E-state index contributed by atoms with van der Waals surface area (Å²) in [6.07, 6.45) is -3.83. The van der Waals surface area contributed by atoms with Gasteiger partial charge in [-0.2, -0.15) is 18.2 Å². The number of anilines is 1. The molecule has 6 nitrogen and oxygen atoms in total. The number of nitrogens with one attached hydrogen (secondary N) is 1. The van der Waals surface area contributed by atoms with Gasteiger partial charge in [-0.15, -0.1) is 0 Å². The number of carbonyl (C=O) groups is 1. The zero-order valence-corrected chi connectivity index (χ0v) is 14.5. The summed E-state index contributed by atoms with van der Waals surface area (Å²) in [6.45, 7) is 0. The Hall–Kier alpha value is -3.20. The fourth-order valence-electron chi connectivity index (χ4n) is 3.04. The van der Waals surface area contributed by atoms with Crippen molar-refractivity contribution >= 4 is 11.6 Å². The molecule has 1 aliphatic heterocycles. The van der Waals surface area contributed by atoms with Crippen LogP contribution in [0.3, 0.4) is 0 Å². The van der Waals surface area contributed by atoms with Gasteiger partial charge >= 0.3 is 6.18 Å². The highest BCUT2D eigenvalue weighted by Gasteiger charge is 2.30. The summed E-state index contributed by atoms with van der Waals surface area (Å²) >= 11 is 0. The highest BCUT2D eigenvalue weighted by atomic mass is 19.4. The highest BCUT2D eigenvalue weighted by molar-refractivity contribution is 5.99. The van der Waals surface area contributed by atoms with Gasteiger partial charge in [0.1, 0.15) is 0 Å². The van der Waals surface area contributed by atoms with E-state index >= 15 is 0 Å². The first-order valence-corrected chi connectivity index (χ1v) is 8.48. The number of benzene rings is 2. The van der Waals surface area contributed by atoms with Crippen molar-refractivity contribution in [2.45, 2.75) is 25.1 Å². The van der Waals surface area contributed by atoms with Crippen molar-refractivity contribution in [3.63, 3.8) is 0 Å². The maximum absolute atomic E-state index is 12.6. The first-order chi connectivity index (χ1) is 13.3. The van der Waals surface area contributed by atoms with Gasteiger partial charge in [0.15, 0.2) is 0 Å². The number of rotatable bonds is 4. The summed E-state index contributed by atoms with van der Waals surface area (Å²) in [7, 11) is 0. The van der Waals surface area contributed by atoms with Crippen LogP contribution in [0, 0.1) is 0 Å². The second-order valence-corrected chi connectivity index (χ2v) is 6.56. The van der Waals surface area contributed by atoms with Gasteiger partial charge in [0.05, 0.1) is 18.0 Å². The number of halogens is 3. The lowest BCUT2D eigenvalue weighted by Gasteiger charge is -2.09. The van der Waals surface area contributed by atoms with Gasteiger partial charge in [-0.25, -0.2) is 0 Å². The molecule has 1 amide bonds. The Bertz CT molecular complexity index is 1030. The lowest BCUT2D eigenvalue weighted by molar-refractivity contribution is -0.137. The van der Waals surface area contributed by atoms with E-state index in [1.807, 2.05) is 6.07 Å². The third-order valence-electron chi connectivity index (χ3n) is 4.48. The van der Waals surface area contributed by atoms with Gasteiger partial charge in [0, 0.05) is 11.3 Å². The third kappa shape index (κ3) is 3.61. The van der Waals surface area contributed by atoms with Crippen LogP contribution in [0.5, 0.6) is 0 Å². The van der Waals surface area contributed by atoms with Crippen molar-refractivity contribution in [2.24, 2.45) is 5.73 Å². The van der Waals surface area contributed by atoms with E-state index in [0.717, 1.165) is 23.4 Å². The topological polar surface area (TPSA) is 94.0 Å². The van der Waals surface area contributed by atoms with Crippen LogP contribution < -0.4 is 11.1 Å². The number of alkyl halides is 3. The molecule has 3 aromatic rings. The van der Waals surface area contributed by atoms with Crippen LogP contribution in [0.4, 0.5) is 18.9 Å². The van der Waals surface area contributed by atoms with Crippen LogP contribution in [0.15, 0.2) is 47.0 Å². The Morgan fingerprint density at radius 2 is 1.93 bits per heavy atom. The van der Waals surface area contributed by atoms with E-state index in [4.69, 9.17) is 10.3 Å². The van der Waals surface area contributed by atoms with Crippen LogP contribution in [0.1, 0.15) is 28.6 Å². The number of nitrogens with zero attached hydrogens (tertiary/aromatic N) is 2. The number of nitrogens with two attached hydrogens (primary N) is 1. The van der Waals surface area contributed by atoms with Crippen molar-refractivity contribution < 1.29 is 22.5 Å². The predicted octanol–water partition coefficient (Wildman–Crippen LogP) is 3.49. The summed E-state index contributed by atoms with van der Waals surface area (Å²) < 4.78 is 43.1. The van der Waals surface area contributed by atoms with Crippen LogP contribution in [-0.4, -0.2) is 16.0 Å². The smallest absolute Gasteiger partial charge is 0.337 e. The Morgan fingerprint density at radius 3 is 2.64 bits per heavy atom. The third-order valence-corrected chi connectivity index (χ3v) is 4.48. The quantitative estimate of drug-likeness (QED) is 0.714. The van der Waals surface area contributed by atoms with Crippen LogP contribution in [0.2, 0.25) is 0 Å². The molecule has 2 heterocycles. The zero-order valence-electron chi connectivity index (χ0n) is 14.5. The second-order valence-electron chi connectivity index (χ2n) is 6.56. The number of hydrogen-bond donors (Lipinski definition) is 2. The summed E-state index contributed by atoms with van der Waals surface area (Å²) in [5, 5.41) is 6.67. The van der Waals surface area contributed by atoms with E-state index < -0.39 is 17.8 Å². The number of carbonyl (C=O) groups excluding carboxylic acids is 1. The fourth-order valence-corrected chi connectivity index (χ4v) is 3.04. The Balaban J connectivity index is 1.48. The number of hydrogen-bond acceptors (Lipinski definition) is 5. The molecular weight excluding hydrogens is 373 g/mol.